The summed E-state index contributed by atoms with van der Waals surface area (Å²) in [6.45, 7) is 4.11. The molecule has 0 saturated carbocycles. The Bertz CT molecular complexity index is 1400. The van der Waals surface area contributed by atoms with E-state index in [0.717, 1.165) is 16.0 Å². The minimum atomic E-state index is -0.240. The van der Waals surface area contributed by atoms with Gasteiger partial charge in [-0.15, -0.1) is 21.5 Å². The predicted molar refractivity (Wildman–Crippen MR) is 108 cm³/mol. The molecule has 5 heterocycles. The second-order valence-corrected chi connectivity index (χ2v) is 8.45. The normalized spacial score (nSPS) is 11.9. The molecule has 0 bridgehead atoms. The quantitative estimate of drug-likeness (QED) is 0.433. The van der Waals surface area contributed by atoms with E-state index in [2.05, 4.69) is 25.3 Å². The lowest BCUT2D eigenvalue weighted by Gasteiger charge is -2.12. The van der Waals surface area contributed by atoms with E-state index >= 15 is 0 Å². The summed E-state index contributed by atoms with van der Waals surface area (Å²) in [7, 11) is 0. The fraction of sp³-hybridized carbons (Fsp3) is 0.222. The highest BCUT2D eigenvalue weighted by molar-refractivity contribution is 7.22. The third-order valence-corrected chi connectivity index (χ3v) is 5.64. The zero-order valence-corrected chi connectivity index (χ0v) is 17.0. The van der Waals surface area contributed by atoms with Crippen molar-refractivity contribution in [2.75, 3.05) is 0 Å². The maximum atomic E-state index is 13.1. The molecular weight excluding hydrogens is 414 g/mol. The third kappa shape index (κ3) is 3.00. The van der Waals surface area contributed by atoms with E-state index in [1.54, 1.807) is 12.3 Å². The molecule has 0 spiro atoms. The molecule has 5 aromatic rings. The van der Waals surface area contributed by atoms with Crippen molar-refractivity contribution in [1.82, 2.24) is 34.3 Å². The van der Waals surface area contributed by atoms with Gasteiger partial charge in [0.1, 0.15) is 29.9 Å². The fourth-order valence-corrected chi connectivity index (χ4v) is 4.32. The maximum Gasteiger partial charge on any atom is 0.291 e. The topological polar surface area (TPSA) is 104 Å². The van der Waals surface area contributed by atoms with Gasteiger partial charge in [-0.3, -0.25) is 9.20 Å². The van der Waals surface area contributed by atoms with Gasteiger partial charge in [0.25, 0.3) is 11.4 Å². The van der Waals surface area contributed by atoms with Crippen molar-refractivity contribution < 1.29 is 4.42 Å². The van der Waals surface area contributed by atoms with Crippen LogP contribution >= 0.6 is 22.9 Å². The van der Waals surface area contributed by atoms with E-state index in [-0.39, 0.29) is 29.8 Å². The van der Waals surface area contributed by atoms with Gasteiger partial charge >= 0.3 is 0 Å². The fourth-order valence-electron chi connectivity index (χ4n) is 3.16. The molecule has 0 aromatic carbocycles. The zero-order valence-electron chi connectivity index (χ0n) is 15.4. The first-order chi connectivity index (χ1) is 14.0. The van der Waals surface area contributed by atoms with E-state index in [1.807, 2.05) is 30.4 Å². The zero-order chi connectivity index (χ0) is 20.1. The minimum Gasteiger partial charge on any atom is -0.417 e. The number of rotatable bonds is 4. The van der Waals surface area contributed by atoms with E-state index < -0.39 is 0 Å². The Hall–Kier alpha value is -3.11. The van der Waals surface area contributed by atoms with Crippen molar-refractivity contribution in [1.29, 1.82) is 0 Å². The maximum absolute atomic E-state index is 13.1. The van der Waals surface area contributed by atoms with E-state index in [4.69, 9.17) is 16.0 Å². The number of hydrogen-bond acceptors (Lipinski definition) is 8. The number of thiophene rings is 1. The summed E-state index contributed by atoms with van der Waals surface area (Å²) >= 11 is 7.59. The van der Waals surface area contributed by atoms with Crippen LogP contribution in [-0.4, -0.2) is 34.3 Å². The van der Waals surface area contributed by atoms with E-state index in [1.165, 1.54) is 22.3 Å². The van der Waals surface area contributed by atoms with Crippen LogP contribution in [-0.2, 0) is 6.54 Å². The van der Waals surface area contributed by atoms with Gasteiger partial charge in [0.05, 0.1) is 14.6 Å². The van der Waals surface area contributed by atoms with Gasteiger partial charge in [0.2, 0.25) is 5.89 Å². The number of aromatic nitrogens is 7. The van der Waals surface area contributed by atoms with Gasteiger partial charge in [0.15, 0.2) is 0 Å². The van der Waals surface area contributed by atoms with Crippen molar-refractivity contribution in [2.24, 2.45) is 0 Å². The second-order valence-electron chi connectivity index (χ2n) is 6.74. The Labute approximate surface area is 172 Å². The van der Waals surface area contributed by atoms with Crippen molar-refractivity contribution >= 4 is 38.7 Å². The van der Waals surface area contributed by atoms with Crippen LogP contribution in [0.1, 0.15) is 31.5 Å². The van der Waals surface area contributed by atoms with Gasteiger partial charge in [-0.1, -0.05) is 25.4 Å². The first kappa shape index (κ1) is 18.0. The molecule has 0 saturated heterocycles. The molecule has 0 aliphatic heterocycles. The number of nitrogens with zero attached hydrogens (tertiary/aromatic N) is 7. The molecule has 9 nitrogen and oxygen atoms in total. The summed E-state index contributed by atoms with van der Waals surface area (Å²) < 4.78 is 10.5. The average Bonchev–Trinajstić information content (AvgIpc) is 3.39. The summed E-state index contributed by atoms with van der Waals surface area (Å²) in [5.41, 5.74) is 1.70. The van der Waals surface area contributed by atoms with Gasteiger partial charge in [0, 0.05) is 12.1 Å². The summed E-state index contributed by atoms with van der Waals surface area (Å²) in [6.07, 6.45) is 2.99. The Morgan fingerprint density at radius 1 is 1.24 bits per heavy atom. The van der Waals surface area contributed by atoms with E-state index in [9.17, 15) is 4.79 Å². The lowest BCUT2D eigenvalue weighted by Crippen LogP contribution is -2.28. The molecule has 0 atom stereocenters. The molecule has 0 amide bonds. The second kappa shape index (κ2) is 6.75. The van der Waals surface area contributed by atoms with Crippen molar-refractivity contribution in [2.45, 2.75) is 26.3 Å². The smallest absolute Gasteiger partial charge is 0.291 e. The van der Waals surface area contributed by atoms with Crippen LogP contribution in [0.3, 0.4) is 0 Å². The highest BCUT2D eigenvalue weighted by atomic mass is 35.5. The predicted octanol–water partition coefficient (Wildman–Crippen LogP) is 3.38. The number of halogens is 1. The van der Waals surface area contributed by atoms with Crippen LogP contribution in [0.4, 0.5) is 0 Å². The van der Waals surface area contributed by atoms with Gasteiger partial charge in [-0.05, 0) is 18.2 Å². The Morgan fingerprint density at radius 2 is 2.10 bits per heavy atom. The Balaban J connectivity index is 1.61. The lowest BCUT2D eigenvalue weighted by atomic mass is 10.2. The van der Waals surface area contributed by atoms with E-state index in [0.29, 0.717) is 15.5 Å². The first-order valence-electron chi connectivity index (χ1n) is 8.81. The molecule has 29 heavy (non-hydrogen) atoms. The Kier molecular flexibility index (Phi) is 4.18. The SMILES string of the molecule is CC(C)c1nn(Cc2nnc(-c3ccncn3)o2)c(=O)c2cc3sc(Cl)cc3n12. The molecular formula is C18H14ClN7O2S. The molecule has 0 N–H and O–H groups in total. The molecule has 146 valence electrons. The van der Waals surface area contributed by atoms with Gasteiger partial charge in [-0.25, -0.2) is 14.6 Å². The van der Waals surface area contributed by atoms with Crippen LogP contribution in [0.25, 0.3) is 27.3 Å². The van der Waals surface area contributed by atoms with Crippen LogP contribution in [0.15, 0.2) is 39.9 Å². The molecule has 0 aliphatic carbocycles. The monoisotopic (exact) mass is 427 g/mol. The average molecular weight is 428 g/mol. The summed E-state index contributed by atoms with van der Waals surface area (Å²) in [5, 5.41) is 12.6. The third-order valence-electron chi connectivity index (χ3n) is 4.43. The number of fused-ring (bicyclic) bond motifs is 3. The molecule has 0 unspecified atom stereocenters. The molecule has 5 rings (SSSR count). The van der Waals surface area contributed by atoms with Crippen LogP contribution < -0.4 is 5.56 Å². The van der Waals surface area contributed by atoms with Gasteiger partial charge in [-0.2, -0.15) is 5.10 Å². The molecule has 0 fully saturated rings. The van der Waals surface area contributed by atoms with Crippen LogP contribution in [0.5, 0.6) is 0 Å². The first-order valence-corrected chi connectivity index (χ1v) is 10.0. The number of hydrogen-bond donors (Lipinski definition) is 0. The standard InChI is InChI=1S/C18H14ClN7O2S/c1-9(2)16-24-25(7-15-22-23-17(28-15)10-3-4-20-8-21-10)18(27)12-5-13-11(26(12)16)6-14(19)29-13/h3-6,8-9H,7H2,1-2H3. The molecule has 5 aromatic heterocycles. The summed E-state index contributed by atoms with van der Waals surface area (Å²) in [5.74, 6) is 1.36. The largest absolute Gasteiger partial charge is 0.417 e. The van der Waals surface area contributed by atoms with Crippen LogP contribution in [0, 0.1) is 0 Å². The van der Waals surface area contributed by atoms with Crippen molar-refractivity contribution in [3.05, 3.63) is 57.1 Å². The summed E-state index contributed by atoms with van der Waals surface area (Å²) in [6, 6.07) is 5.37. The molecule has 0 radical (unpaired) electrons. The summed E-state index contributed by atoms with van der Waals surface area (Å²) in [4.78, 5) is 21.0. The lowest BCUT2D eigenvalue weighted by molar-refractivity contribution is 0.457. The van der Waals surface area contributed by atoms with Gasteiger partial charge < -0.3 is 4.42 Å². The van der Waals surface area contributed by atoms with Crippen LogP contribution in [0.2, 0.25) is 4.34 Å². The van der Waals surface area contributed by atoms with Crippen molar-refractivity contribution in [3.8, 4) is 11.6 Å². The highest BCUT2D eigenvalue weighted by Crippen LogP contribution is 2.32. The Morgan fingerprint density at radius 3 is 2.86 bits per heavy atom. The molecule has 11 heteroatoms. The van der Waals surface area contributed by atoms with Crippen molar-refractivity contribution in [3.63, 3.8) is 0 Å². The minimum absolute atomic E-state index is 0.0622. The molecule has 0 aliphatic rings. The highest BCUT2D eigenvalue weighted by Gasteiger charge is 2.19.